The van der Waals surface area contributed by atoms with Gasteiger partial charge < -0.3 is 0 Å². The van der Waals surface area contributed by atoms with Gasteiger partial charge in [-0.2, -0.15) is 0 Å². The highest BCUT2D eigenvalue weighted by atomic mass is 35.5. The zero-order valence-electron chi connectivity index (χ0n) is 10.1. The van der Waals surface area contributed by atoms with Gasteiger partial charge in [0.05, 0.1) is 6.67 Å². The van der Waals surface area contributed by atoms with Crippen LogP contribution in [0.25, 0.3) is 0 Å². The van der Waals surface area contributed by atoms with Crippen molar-refractivity contribution in [2.75, 3.05) is 6.67 Å². The third kappa shape index (κ3) is 4.30. The fourth-order valence-corrected chi connectivity index (χ4v) is 2.64. The summed E-state index contributed by atoms with van der Waals surface area (Å²) in [6, 6.07) is 0. The molecule has 1 aliphatic rings. The molecule has 0 amide bonds. The predicted molar refractivity (Wildman–Crippen MR) is 65.2 cm³/mol. The Morgan fingerprint density at radius 2 is 1.93 bits per heavy atom. The van der Waals surface area contributed by atoms with Crippen LogP contribution >= 0.6 is 11.6 Å². The molecule has 3 unspecified atom stereocenters. The maximum absolute atomic E-state index is 13.0. The molecule has 1 fully saturated rings. The fraction of sp³-hybridized carbons (Fsp3) is 1.00. The van der Waals surface area contributed by atoms with Crippen molar-refractivity contribution in [3.63, 3.8) is 0 Å². The second-order valence-electron chi connectivity index (χ2n) is 5.58. The van der Waals surface area contributed by atoms with Crippen molar-refractivity contribution in [2.45, 2.75) is 64.2 Å². The molecule has 0 nitrogen and oxygen atoms in total. The van der Waals surface area contributed by atoms with Crippen molar-refractivity contribution in [1.82, 2.24) is 0 Å². The molecule has 1 rings (SSSR count). The van der Waals surface area contributed by atoms with Gasteiger partial charge in [-0.15, -0.1) is 11.6 Å². The van der Waals surface area contributed by atoms with Crippen LogP contribution in [0.5, 0.6) is 0 Å². The molecule has 0 spiro atoms. The van der Waals surface area contributed by atoms with E-state index in [0.29, 0.717) is 5.92 Å². The molecule has 0 saturated heterocycles. The Hall–Kier alpha value is 0.220. The van der Waals surface area contributed by atoms with Crippen LogP contribution in [0.2, 0.25) is 0 Å². The zero-order valence-corrected chi connectivity index (χ0v) is 10.8. The molecule has 90 valence electrons. The van der Waals surface area contributed by atoms with Gasteiger partial charge in [0.1, 0.15) is 0 Å². The van der Waals surface area contributed by atoms with Gasteiger partial charge in [0.2, 0.25) is 0 Å². The van der Waals surface area contributed by atoms with Crippen molar-refractivity contribution >= 4 is 11.6 Å². The summed E-state index contributed by atoms with van der Waals surface area (Å²) in [4.78, 5) is 0. The summed E-state index contributed by atoms with van der Waals surface area (Å²) >= 11 is 6.33. The minimum atomic E-state index is -0.189. The maximum atomic E-state index is 13.0. The van der Waals surface area contributed by atoms with E-state index in [0.717, 1.165) is 19.3 Å². The van der Waals surface area contributed by atoms with Crippen molar-refractivity contribution in [3.05, 3.63) is 0 Å². The maximum Gasteiger partial charge on any atom is 0.0947 e. The van der Waals surface area contributed by atoms with Gasteiger partial charge in [0.15, 0.2) is 0 Å². The van der Waals surface area contributed by atoms with E-state index >= 15 is 0 Å². The van der Waals surface area contributed by atoms with Gasteiger partial charge in [0, 0.05) is 5.38 Å². The number of hydrogen-bond acceptors (Lipinski definition) is 0. The highest BCUT2D eigenvalue weighted by Crippen LogP contribution is 2.35. The Morgan fingerprint density at radius 1 is 1.20 bits per heavy atom. The normalized spacial score (nSPS) is 40.0. The van der Waals surface area contributed by atoms with Crippen LogP contribution in [0, 0.1) is 11.3 Å². The van der Waals surface area contributed by atoms with E-state index in [1.165, 1.54) is 25.7 Å². The molecular weight excluding hydrogens is 211 g/mol. The van der Waals surface area contributed by atoms with Crippen LogP contribution in [-0.4, -0.2) is 12.1 Å². The minimum absolute atomic E-state index is 0.107. The largest absolute Gasteiger partial charge is 0.251 e. The third-order valence-electron chi connectivity index (χ3n) is 3.90. The molecular formula is C13H24ClF. The summed E-state index contributed by atoms with van der Waals surface area (Å²) in [5.41, 5.74) is -0.107. The lowest BCUT2D eigenvalue weighted by atomic mass is 9.79. The summed E-state index contributed by atoms with van der Waals surface area (Å²) in [6.07, 6.45) is 7.86. The molecule has 1 aliphatic carbocycles. The lowest BCUT2D eigenvalue weighted by Gasteiger charge is -2.30. The Kier molecular flexibility index (Phi) is 5.38. The highest BCUT2D eigenvalue weighted by molar-refractivity contribution is 6.20. The predicted octanol–water partition coefficient (Wildman–Crippen LogP) is 4.95. The smallest absolute Gasteiger partial charge is 0.0947 e. The van der Waals surface area contributed by atoms with Crippen molar-refractivity contribution in [3.8, 4) is 0 Å². The fourth-order valence-electron chi connectivity index (χ4n) is 2.41. The van der Waals surface area contributed by atoms with Gasteiger partial charge in [-0.3, -0.25) is 4.39 Å². The average molecular weight is 235 g/mol. The highest BCUT2D eigenvalue weighted by Gasteiger charge is 2.27. The van der Waals surface area contributed by atoms with Crippen LogP contribution in [0.1, 0.15) is 58.8 Å². The first-order chi connectivity index (χ1) is 7.07. The SMILES string of the molecule is CC1CCCCCC(C)(CF)CCC1Cl. The molecule has 0 aromatic carbocycles. The van der Waals surface area contributed by atoms with E-state index in [4.69, 9.17) is 11.6 Å². The quantitative estimate of drug-likeness (QED) is 0.563. The summed E-state index contributed by atoms with van der Waals surface area (Å²) in [6.45, 7) is 4.11. The Morgan fingerprint density at radius 3 is 2.60 bits per heavy atom. The first-order valence-corrected chi connectivity index (χ1v) is 6.71. The van der Waals surface area contributed by atoms with E-state index in [1.54, 1.807) is 0 Å². The van der Waals surface area contributed by atoms with Gasteiger partial charge >= 0.3 is 0 Å². The van der Waals surface area contributed by atoms with Crippen molar-refractivity contribution in [2.24, 2.45) is 11.3 Å². The first-order valence-electron chi connectivity index (χ1n) is 6.27. The van der Waals surface area contributed by atoms with Gasteiger partial charge in [-0.1, -0.05) is 33.1 Å². The van der Waals surface area contributed by atoms with Gasteiger partial charge in [-0.05, 0) is 37.0 Å². The van der Waals surface area contributed by atoms with Crippen LogP contribution < -0.4 is 0 Å². The molecule has 0 heterocycles. The summed E-state index contributed by atoms with van der Waals surface area (Å²) < 4.78 is 13.0. The second kappa shape index (κ2) is 6.08. The van der Waals surface area contributed by atoms with Crippen molar-refractivity contribution < 1.29 is 4.39 Å². The Balaban J connectivity index is 2.53. The molecule has 0 N–H and O–H groups in total. The minimum Gasteiger partial charge on any atom is -0.251 e. The standard InChI is InChI=1S/C13H24ClF/c1-11-6-4-3-5-8-13(2,10-15)9-7-12(11)14/h11-12H,3-10H2,1-2H3. The monoisotopic (exact) mass is 234 g/mol. The molecule has 2 heteroatoms. The average Bonchev–Trinajstić information content (AvgIpc) is 2.24. The number of alkyl halides is 2. The summed E-state index contributed by atoms with van der Waals surface area (Å²) in [5, 5.41) is 0.244. The van der Waals surface area contributed by atoms with E-state index in [-0.39, 0.29) is 17.5 Å². The van der Waals surface area contributed by atoms with Gasteiger partial charge in [0.25, 0.3) is 0 Å². The Bertz CT molecular complexity index is 183. The first kappa shape index (κ1) is 13.3. The van der Waals surface area contributed by atoms with E-state index in [2.05, 4.69) is 13.8 Å². The van der Waals surface area contributed by atoms with Crippen LogP contribution in [0.4, 0.5) is 4.39 Å². The molecule has 0 aromatic heterocycles. The lowest BCUT2D eigenvalue weighted by molar-refractivity contribution is 0.178. The topological polar surface area (TPSA) is 0 Å². The molecule has 0 aliphatic heterocycles. The van der Waals surface area contributed by atoms with Crippen LogP contribution in [-0.2, 0) is 0 Å². The van der Waals surface area contributed by atoms with E-state index in [1.807, 2.05) is 0 Å². The lowest BCUT2D eigenvalue weighted by Crippen LogP contribution is -2.23. The van der Waals surface area contributed by atoms with E-state index in [9.17, 15) is 4.39 Å². The summed E-state index contributed by atoms with van der Waals surface area (Å²) in [7, 11) is 0. The van der Waals surface area contributed by atoms with E-state index < -0.39 is 0 Å². The molecule has 0 radical (unpaired) electrons. The third-order valence-corrected chi connectivity index (χ3v) is 4.55. The number of halogens is 2. The molecule has 0 aromatic rings. The van der Waals surface area contributed by atoms with Gasteiger partial charge in [-0.25, -0.2) is 0 Å². The van der Waals surface area contributed by atoms with Crippen LogP contribution in [0.15, 0.2) is 0 Å². The van der Waals surface area contributed by atoms with Crippen molar-refractivity contribution in [1.29, 1.82) is 0 Å². The molecule has 15 heavy (non-hydrogen) atoms. The molecule has 0 bridgehead atoms. The van der Waals surface area contributed by atoms with Crippen LogP contribution in [0.3, 0.4) is 0 Å². The molecule has 3 atom stereocenters. The zero-order chi connectivity index (χ0) is 11.3. The second-order valence-corrected chi connectivity index (χ2v) is 6.14. The number of rotatable bonds is 1. The summed E-state index contributed by atoms with van der Waals surface area (Å²) in [5.74, 6) is 0.591. The molecule has 1 saturated carbocycles. The Labute approximate surface area is 98.6 Å². The number of hydrogen-bond donors (Lipinski definition) is 0.